The monoisotopic (exact) mass is 347 g/mol. The van der Waals surface area contributed by atoms with Crippen LogP contribution in [0.2, 0.25) is 0 Å². The maximum Gasteiger partial charge on any atom is 0.240 e. The van der Waals surface area contributed by atoms with E-state index in [0.29, 0.717) is 0 Å². The molecule has 0 amide bonds. The Balaban J connectivity index is 1.64. The van der Waals surface area contributed by atoms with Crippen molar-refractivity contribution in [3.8, 4) is 0 Å². The summed E-state index contributed by atoms with van der Waals surface area (Å²) in [6, 6.07) is 26.8. The van der Waals surface area contributed by atoms with Gasteiger partial charge in [-0.25, -0.2) is 13.1 Å². The zero-order valence-electron chi connectivity index (χ0n) is 13.5. The smallest absolute Gasteiger partial charge is 0.207 e. The van der Waals surface area contributed by atoms with E-state index in [2.05, 4.69) is 4.72 Å². The lowest BCUT2D eigenvalue weighted by atomic mass is 10.1. The number of fused-ring (bicyclic) bond motifs is 2. The second kappa shape index (κ2) is 6.31. The molecule has 4 aromatic carbocycles. The Hall–Kier alpha value is -2.69. The van der Waals surface area contributed by atoms with Crippen molar-refractivity contribution in [3.05, 3.63) is 90.5 Å². The molecule has 25 heavy (non-hydrogen) atoms. The molecule has 0 aliphatic rings. The fraction of sp³-hybridized carbons (Fsp3) is 0.0476. The van der Waals surface area contributed by atoms with Crippen LogP contribution in [0.1, 0.15) is 5.56 Å². The largest absolute Gasteiger partial charge is 0.240 e. The number of hydrogen-bond donors (Lipinski definition) is 1. The standard InChI is InChI=1S/C21H17NO2S/c23-25(24,20-13-12-16-6-1-2-8-18(16)14-20)22-15-19-10-5-9-17-7-3-4-11-21(17)19/h1-14,22H,15H2. The molecule has 0 bridgehead atoms. The topological polar surface area (TPSA) is 46.2 Å². The molecule has 0 radical (unpaired) electrons. The maximum absolute atomic E-state index is 12.7. The van der Waals surface area contributed by atoms with Crippen LogP contribution in [0.3, 0.4) is 0 Å². The first-order valence-corrected chi connectivity index (χ1v) is 9.57. The van der Waals surface area contributed by atoms with Crippen molar-refractivity contribution in [2.24, 2.45) is 0 Å². The van der Waals surface area contributed by atoms with Gasteiger partial charge in [0.15, 0.2) is 0 Å². The normalized spacial score (nSPS) is 11.8. The van der Waals surface area contributed by atoms with Crippen LogP contribution in [0.25, 0.3) is 21.5 Å². The van der Waals surface area contributed by atoms with Gasteiger partial charge in [-0.15, -0.1) is 0 Å². The Morgan fingerprint density at radius 3 is 2.20 bits per heavy atom. The molecule has 0 saturated carbocycles. The molecule has 0 unspecified atom stereocenters. The number of sulfonamides is 1. The first-order chi connectivity index (χ1) is 12.1. The predicted octanol–water partition coefficient (Wildman–Crippen LogP) is 4.47. The van der Waals surface area contributed by atoms with E-state index >= 15 is 0 Å². The Labute approximate surface area is 147 Å². The van der Waals surface area contributed by atoms with E-state index in [9.17, 15) is 8.42 Å². The molecule has 0 fully saturated rings. The number of benzene rings is 4. The molecular weight excluding hydrogens is 330 g/mol. The Bertz CT molecular complexity index is 1160. The zero-order chi connectivity index (χ0) is 17.3. The number of rotatable bonds is 4. The fourth-order valence-electron chi connectivity index (χ4n) is 3.04. The molecular formula is C21H17NO2S. The van der Waals surface area contributed by atoms with Crippen LogP contribution in [0.15, 0.2) is 89.8 Å². The summed E-state index contributed by atoms with van der Waals surface area (Å²) in [6.45, 7) is 0.260. The van der Waals surface area contributed by atoms with Crippen molar-refractivity contribution in [3.63, 3.8) is 0 Å². The summed E-state index contributed by atoms with van der Waals surface area (Å²) in [6.07, 6.45) is 0. The van der Waals surface area contributed by atoms with E-state index in [-0.39, 0.29) is 11.4 Å². The van der Waals surface area contributed by atoms with Gasteiger partial charge in [-0.3, -0.25) is 0 Å². The van der Waals surface area contributed by atoms with Crippen LogP contribution in [-0.4, -0.2) is 8.42 Å². The van der Waals surface area contributed by atoms with Crippen molar-refractivity contribution in [1.82, 2.24) is 4.72 Å². The average molecular weight is 347 g/mol. The van der Waals surface area contributed by atoms with Crippen molar-refractivity contribution in [2.45, 2.75) is 11.4 Å². The van der Waals surface area contributed by atoms with E-state index in [1.807, 2.05) is 72.8 Å². The van der Waals surface area contributed by atoms with Crippen LogP contribution >= 0.6 is 0 Å². The summed E-state index contributed by atoms with van der Waals surface area (Å²) in [4.78, 5) is 0.284. The van der Waals surface area contributed by atoms with Gasteiger partial charge in [0.05, 0.1) is 4.90 Å². The van der Waals surface area contributed by atoms with Crippen molar-refractivity contribution in [2.75, 3.05) is 0 Å². The van der Waals surface area contributed by atoms with Gasteiger partial charge < -0.3 is 0 Å². The van der Waals surface area contributed by atoms with E-state index in [0.717, 1.165) is 27.1 Å². The van der Waals surface area contributed by atoms with E-state index < -0.39 is 10.0 Å². The van der Waals surface area contributed by atoms with Crippen LogP contribution in [0.4, 0.5) is 0 Å². The minimum atomic E-state index is -3.57. The Morgan fingerprint density at radius 1 is 0.680 bits per heavy atom. The van der Waals surface area contributed by atoms with Gasteiger partial charge in [-0.2, -0.15) is 0 Å². The SMILES string of the molecule is O=S(=O)(NCc1cccc2ccccc12)c1ccc2ccccc2c1. The summed E-state index contributed by atoms with van der Waals surface area (Å²) in [5.74, 6) is 0. The molecule has 4 rings (SSSR count). The van der Waals surface area contributed by atoms with Crippen LogP contribution in [-0.2, 0) is 16.6 Å². The highest BCUT2D eigenvalue weighted by molar-refractivity contribution is 7.89. The predicted molar refractivity (Wildman–Crippen MR) is 102 cm³/mol. The molecule has 0 spiro atoms. The van der Waals surface area contributed by atoms with E-state index in [1.54, 1.807) is 12.1 Å². The minimum absolute atomic E-state index is 0.260. The zero-order valence-corrected chi connectivity index (χ0v) is 14.3. The molecule has 4 aromatic rings. The highest BCUT2D eigenvalue weighted by Gasteiger charge is 2.14. The van der Waals surface area contributed by atoms with Crippen molar-refractivity contribution < 1.29 is 8.42 Å². The van der Waals surface area contributed by atoms with Gasteiger partial charge in [0.1, 0.15) is 0 Å². The summed E-state index contributed by atoms with van der Waals surface area (Å²) in [7, 11) is -3.57. The lowest BCUT2D eigenvalue weighted by Gasteiger charge is -2.10. The van der Waals surface area contributed by atoms with Gasteiger partial charge in [0, 0.05) is 6.54 Å². The molecule has 124 valence electrons. The summed E-state index contributed by atoms with van der Waals surface area (Å²) in [5, 5.41) is 4.10. The molecule has 0 aliphatic heterocycles. The third kappa shape index (κ3) is 3.14. The van der Waals surface area contributed by atoms with Gasteiger partial charge in [0.25, 0.3) is 0 Å². The lowest BCUT2D eigenvalue weighted by Crippen LogP contribution is -2.23. The molecule has 0 saturated heterocycles. The fourth-order valence-corrected chi connectivity index (χ4v) is 4.08. The van der Waals surface area contributed by atoms with Gasteiger partial charge in [-0.1, -0.05) is 72.8 Å². The molecule has 0 atom stereocenters. The third-order valence-corrected chi connectivity index (χ3v) is 5.76. The Morgan fingerprint density at radius 2 is 1.36 bits per heavy atom. The first kappa shape index (κ1) is 15.8. The lowest BCUT2D eigenvalue weighted by molar-refractivity contribution is 0.581. The minimum Gasteiger partial charge on any atom is -0.207 e. The highest BCUT2D eigenvalue weighted by Crippen LogP contribution is 2.21. The van der Waals surface area contributed by atoms with Crippen LogP contribution in [0.5, 0.6) is 0 Å². The Kier molecular flexibility index (Phi) is 3.99. The average Bonchev–Trinajstić information content (AvgIpc) is 2.66. The van der Waals surface area contributed by atoms with E-state index in [4.69, 9.17) is 0 Å². The second-order valence-corrected chi connectivity index (χ2v) is 7.74. The summed E-state index contributed by atoms with van der Waals surface area (Å²) in [5.41, 5.74) is 0.961. The van der Waals surface area contributed by atoms with Crippen molar-refractivity contribution in [1.29, 1.82) is 0 Å². The maximum atomic E-state index is 12.7. The van der Waals surface area contributed by atoms with E-state index in [1.165, 1.54) is 0 Å². The van der Waals surface area contributed by atoms with Crippen LogP contribution in [0, 0.1) is 0 Å². The molecule has 0 heterocycles. The second-order valence-electron chi connectivity index (χ2n) is 5.97. The van der Waals surface area contributed by atoms with Gasteiger partial charge in [0.2, 0.25) is 10.0 Å². The van der Waals surface area contributed by atoms with Gasteiger partial charge >= 0.3 is 0 Å². The first-order valence-electron chi connectivity index (χ1n) is 8.09. The summed E-state index contributed by atoms with van der Waals surface area (Å²) < 4.78 is 28.1. The molecule has 0 aromatic heterocycles. The molecule has 4 heteroatoms. The third-order valence-electron chi connectivity index (χ3n) is 4.36. The molecule has 3 nitrogen and oxygen atoms in total. The van der Waals surface area contributed by atoms with Crippen LogP contribution < -0.4 is 4.72 Å². The quantitative estimate of drug-likeness (QED) is 0.592. The molecule has 0 aliphatic carbocycles. The summed E-state index contributed by atoms with van der Waals surface area (Å²) >= 11 is 0. The van der Waals surface area contributed by atoms with Gasteiger partial charge in [-0.05, 0) is 39.2 Å². The number of nitrogens with one attached hydrogen (secondary N) is 1. The highest BCUT2D eigenvalue weighted by atomic mass is 32.2. The molecule has 1 N–H and O–H groups in total. The van der Waals surface area contributed by atoms with Crippen molar-refractivity contribution >= 4 is 31.6 Å². The number of hydrogen-bond acceptors (Lipinski definition) is 2.